The first-order chi connectivity index (χ1) is 3.46. The maximum Gasteiger partial charge on any atom is 0.0689 e. The van der Waals surface area contributed by atoms with E-state index in [9.17, 15) is 0 Å². The molecule has 0 aliphatic rings. The third-order valence-corrected chi connectivity index (χ3v) is 0. The van der Waals surface area contributed by atoms with E-state index >= 15 is 0 Å². The minimum atomic E-state index is -1.75. The second-order valence-corrected chi connectivity index (χ2v) is 1.32. The van der Waals surface area contributed by atoms with Crippen molar-refractivity contribution in [3.8, 4) is 0 Å². The third-order valence-electron chi connectivity index (χ3n) is 0. The molecule has 0 fully saturated rings. The molecule has 7 nitrogen and oxygen atoms in total. The summed E-state index contributed by atoms with van der Waals surface area (Å²) in [6.45, 7) is 3.44. The van der Waals surface area contributed by atoms with Crippen LogP contribution >= 0.6 is 0 Å². The van der Waals surface area contributed by atoms with Crippen LogP contribution in [0, 0.1) is 15.3 Å². The molecule has 8 heteroatoms. The molecular weight excluding hydrogens is 252 g/mol. The van der Waals surface area contributed by atoms with Gasteiger partial charge in [-0.15, -0.1) is 0 Å². The van der Waals surface area contributed by atoms with Crippen molar-refractivity contribution in [2.45, 2.75) is 20.0 Å². The number of hydrogen-bond acceptors (Lipinski definition) is 4. The summed E-state index contributed by atoms with van der Waals surface area (Å²) in [5, 5.41) is 22.8. The van der Waals surface area contributed by atoms with Crippen LogP contribution in [-0.2, 0) is 20.4 Å². The molecule has 0 radical (unpaired) electrons. The van der Waals surface area contributed by atoms with E-state index in [1.54, 1.807) is 13.8 Å². The smallest absolute Gasteiger partial charge is 0.0689 e. The van der Waals surface area contributed by atoms with Crippen molar-refractivity contribution in [3.63, 3.8) is 0 Å². The van der Waals surface area contributed by atoms with Gasteiger partial charge in [-0.2, -0.15) is 0 Å². The van der Waals surface area contributed by atoms with Gasteiger partial charge in [0.2, 0.25) is 0 Å². The molecule has 76 valence electrons. The van der Waals surface area contributed by atoms with Crippen LogP contribution in [0.25, 0.3) is 0 Å². The fourth-order valence-corrected chi connectivity index (χ4v) is 0. The Balaban J connectivity index is -0.0000000171. The Morgan fingerprint density at radius 1 is 1.27 bits per heavy atom. The van der Waals surface area contributed by atoms with Gasteiger partial charge in [0, 0.05) is 26.5 Å². The molecule has 0 unspecified atom stereocenters. The predicted octanol–water partition coefficient (Wildman–Crippen LogP) is -1.50. The van der Waals surface area contributed by atoms with Crippen LogP contribution in [0.2, 0.25) is 0 Å². The summed E-state index contributed by atoms with van der Waals surface area (Å²) in [4.78, 5) is 8.25. The molecule has 0 atom stereocenters. The molecule has 0 rings (SSSR count). The van der Waals surface area contributed by atoms with Crippen LogP contribution < -0.4 is 0 Å². The van der Waals surface area contributed by atoms with Crippen LogP contribution in [0.5, 0.6) is 0 Å². The van der Waals surface area contributed by atoms with E-state index in [0.717, 1.165) is 0 Å². The van der Waals surface area contributed by atoms with E-state index in [2.05, 4.69) is 0 Å². The number of hydrogen-bond donors (Lipinski definition) is 1. The van der Waals surface area contributed by atoms with E-state index in [1.807, 2.05) is 0 Å². The first-order valence-corrected chi connectivity index (χ1v) is 1.96. The Morgan fingerprint density at radius 2 is 1.27 bits per heavy atom. The topological polar surface area (TPSA) is 149 Å². The van der Waals surface area contributed by atoms with Gasteiger partial charge in [-0.05, 0) is 13.8 Å². The molecule has 0 saturated carbocycles. The summed E-state index contributed by atoms with van der Waals surface area (Å²) in [6.07, 6.45) is -0.167. The molecule has 0 aliphatic carbocycles. The van der Waals surface area contributed by atoms with Gasteiger partial charge in [0.15, 0.2) is 0 Å². The average Bonchev–Trinajstić information content (AvgIpc) is 1.25. The second kappa shape index (κ2) is 22.6. The molecule has 0 spiro atoms. The second-order valence-electron chi connectivity index (χ2n) is 1.32. The SMILES string of the molecule is CC(C)O.O.O.O=[N+]([O-])[O-].[Pd]. The zero-order valence-electron chi connectivity index (χ0n) is 6.01. The van der Waals surface area contributed by atoms with E-state index in [4.69, 9.17) is 20.4 Å². The zero-order chi connectivity index (χ0) is 7.15. The van der Waals surface area contributed by atoms with Gasteiger partial charge >= 0.3 is 0 Å². The van der Waals surface area contributed by atoms with Crippen LogP contribution in [0.4, 0.5) is 0 Å². The number of nitrogens with zero attached hydrogens (tertiary/aromatic N) is 1. The molecular formula is C3H12NO6Pd-. The van der Waals surface area contributed by atoms with Crippen molar-refractivity contribution in [1.29, 1.82) is 0 Å². The largest absolute Gasteiger partial charge is 0.412 e. The van der Waals surface area contributed by atoms with Crippen molar-refractivity contribution in [2.75, 3.05) is 0 Å². The Kier molecular flexibility index (Phi) is 63.5. The van der Waals surface area contributed by atoms with Crippen molar-refractivity contribution in [2.24, 2.45) is 0 Å². The van der Waals surface area contributed by atoms with Crippen LogP contribution in [0.15, 0.2) is 0 Å². The molecule has 0 aromatic rings. The zero-order valence-corrected chi connectivity index (χ0v) is 7.57. The first kappa shape index (κ1) is 30.9. The Bertz CT molecular complexity index is 62.1. The molecule has 0 heterocycles. The number of aliphatic hydroxyl groups excluding tert-OH is 1. The van der Waals surface area contributed by atoms with Crippen LogP contribution in [0.3, 0.4) is 0 Å². The molecule has 0 aromatic carbocycles. The minimum absolute atomic E-state index is 0. The van der Waals surface area contributed by atoms with Crippen LogP contribution in [-0.4, -0.2) is 27.2 Å². The maximum absolute atomic E-state index is 8.25. The van der Waals surface area contributed by atoms with Gasteiger partial charge in [-0.25, -0.2) is 0 Å². The standard InChI is InChI=1S/C3H8O.NO3.2H2O.Pd/c1-3(2)4;2-1(3)4;;;/h3-4H,1-2H3;;2*1H2;/q;-1;;;. The van der Waals surface area contributed by atoms with Crippen LogP contribution in [0.1, 0.15) is 13.8 Å². The quantitative estimate of drug-likeness (QED) is 0.321. The number of rotatable bonds is 0. The first-order valence-electron chi connectivity index (χ1n) is 1.96. The predicted molar refractivity (Wildman–Crippen MR) is 34.9 cm³/mol. The van der Waals surface area contributed by atoms with E-state index in [-0.39, 0.29) is 37.5 Å². The molecule has 5 N–H and O–H groups in total. The summed E-state index contributed by atoms with van der Waals surface area (Å²) < 4.78 is 0. The monoisotopic (exact) mass is 264 g/mol. The van der Waals surface area contributed by atoms with Gasteiger partial charge in [0.25, 0.3) is 0 Å². The molecule has 0 amide bonds. The summed E-state index contributed by atoms with van der Waals surface area (Å²) in [7, 11) is 0. The van der Waals surface area contributed by atoms with Gasteiger partial charge in [-0.1, -0.05) is 0 Å². The molecule has 0 aliphatic heterocycles. The fourth-order valence-electron chi connectivity index (χ4n) is 0. The van der Waals surface area contributed by atoms with E-state index in [0.29, 0.717) is 0 Å². The van der Waals surface area contributed by atoms with Gasteiger partial charge in [-0.3, -0.25) is 0 Å². The number of aliphatic hydroxyl groups is 1. The normalized spacial score (nSPS) is 5.45. The summed E-state index contributed by atoms with van der Waals surface area (Å²) in [5.74, 6) is 0. The molecule has 11 heavy (non-hydrogen) atoms. The summed E-state index contributed by atoms with van der Waals surface area (Å²) >= 11 is 0. The molecule has 0 bridgehead atoms. The average molecular weight is 265 g/mol. The van der Waals surface area contributed by atoms with Crippen molar-refractivity contribution < 1.29 is 41.6 Å². The Labute approximate surface area is 77.4 Å². The van der Waals surface area contributed by atoms with Gasteiger partial charge in [0.05, 0.1) is 5.09 Å². The summed E-state index contributed by atoms with van der Waals surface area (Å²) in [6, 6.07) is 0. The van der Waals surface area contributed by atoms with E-state index in [1.165, 1.54) is 0 Å². The third kappa shape index (κ3) is 8800. The minimum Gasteiger partial charge on any atom is -0.412 e. The van der Waals surface area contributed by atoms with Crippen molar-refractivity contribution >= 4 is 0 Å². The summed E-state index contributed by atoms with van der Waals surface area (Å²) in [5.41, 5.74) is 0. The Morgan fingerprint density at radius 3 is 1.27 bits per heavy atom. The molecule has 0 saturated heterocycles. The fraction of sp³-hybridized carbons (Fsp3) is 1.00. The van der Waals surface area contributed by atoms with Crippen molar-refractivity contribution in [3.05, 3.63) is 15.3 Å². The molecule has 0 aromatic heterocycles. The van der Waals surface area contributed by atoms with Gasteiger partial charge < -0.3 is 31.4 Å². The Hall–Kier alpha value is -0.258. The van der Waals surface area contributed by atoms with Gasteiger partial charge in [0.1, 0.15) is 0 Å². The van der Waals surface area contributed by atoms with Crippen molar-refractivity contribution in [1.82, 2.24) is 0 Å². The maximum atomic E-state index is 8.25. The van der Waals surface area contributed by atoms with E-state index < -0.39 is 5.09 Å².